The zero-order chi connectivity index (χ0) is 21.5. The Bertz CT molecular complexity index is 1180. The van der Waals surface area contributed by atoms with Gasteiger partial charge >= 0.3 is 0 Å². The Balaban J connectivity index is 1.43. The molecule has 0 bridgehead atoms. The first-order valence-corrected chi connectivity index (χ1v) is 10.6. The average molecular weight is 425 g/mol. The molecule has 0 aliphatic rings. The van der Waals surface area contributed by atoms with Gasteiger partial charge in [-0.2, -0.15) is 0 Å². The number of amides is 2. The molecule has 0 spiro atoms. The summed E-state index contributed by atoms with van der Waals surface area (Å²) >= 11 is 1.60. The molecule has 0 radical (unpaired) electrons. The van der Waals surface area contributed by atoms with Crippen molar-refractivity contribution < 1.29 is 9.59 Å². The van der Waals surface area contributed by atoms with Gasteiger partial charge in [-0.15, -0.1) is 0 Å². The molecule has 2 N–H and O–H groups in total. The van der Waals surface area contributed by atoms with Gasteiger partial charge in [0.2, 0.25) is 0 Å². The van der Waals surface area contributed by atoms with Crippen molar-refractivity contribution in [3.8, 4) is 0 Å². The second kappa shape index (κ2) is 9.78. The average Bonchev–Trinajstić information content (AvgIpc) is 2.82. The highest BCUT2D eigenvalue weighted by Crippen LogP contribution is 2.33. The normalized spacial score (nSPS) is 10.3. The topological polar surface area (TPSA) is 58.2 Å². The van der Waals surface area contributed by atoms with Crippen LogP contribution in [0, 0.1) is 0 Å². The van der Waals surface area contributed by atoms with Crippen molar-refractivity contribution in [3.63, 3.8) is 0 Å². The molecule has 0 aliphatic carbocycles. The van der Waals surface area contributed by atoms with Crippen LogP contribution in [0.5, 0.6) is 0 Å². The number of hydrogen-bond donors (Lipinski definition) is 2. The maximum Gasteiger partial charge on any atom is 0.255 e. The summed E-state index contributed by atoms with van der Waals surface area (Å²) in [5.41, 5.74) is 2.47. The monoisotopic (exact) mass is 424 g/mol. The van der Waals surface area contributed by atoms with Crippen molar-refractivity contribution in [2.24, 2.45) is 0 Å². The van der Waals surface area contributed by atoms with Gasteiger partial charge in [-0.05, 0) is 60.7 Å². The van der Waals surface area contributed by atoms with Crippen LogP contribution in [-0.4, -0.2) is 11.8 Å². The van der Waals surface area contributed by atoms with Crippen molar-refractivity contribution in [1.29, 1.82) is 0 Å². The molecular weight excluding hydrogens is 404 g/mol. The van der Waals surface area contributed by atoms with E-state index in [-0.39, 0.29) is 11.8 Å². The van der Waals surface area contributed by atoms with Gasteiger partial charge in [0, 0.05) is 26.6 Å². The van der Waals surface area contributed by atoms with Gasteiger partial charge in [0.05, 0.1) is 5.69 Å². The lowest BCUT2D eigenvalue weighted by atomic mass is 10.1. The minimum atomic E-state index is -0.206. The Kier molecular flexibility index (Phi) is 6.45. The van der Waals surface area contributed by atoms with Crippen LogP contribution in [-0.2, 0) is 0 Å². The fourth-order valence-electron chi connectivity index (χ4n) is 2.97. The number of carbonyl (C=O) groups is 2. The summed E-state index contributed by atoms with van der Waals surface area (Å²) in [6.45, 7) is 0. The van der Waals surface area contributed by atoms with Gasteiger partial charge in [-0.25, -0.2) is 0 Å². The van der Waals surface area contributed by atoms with E-state index >= 15 is 0 Å². The third-order valence-electron chi connectivity index (χ3n) is 4.55. The maximum atomic E-state index is 12.8. The third kappa shape index (κ3) is 5.41. The maximum absolute atomic E-state index is 12.8. The van der Waals surface area contributed by atoms with E-state index in [1.165, 1.54) is 0 Å². The highest BCUT2D eigenvalue weighted by molar-refractivity contribution is 7.99. The number of para-hydroxylation sites is 1. The zero-order valence-corrected chi connectivity index (χ0v) is 17.4. The summed E-state index contributed by atoms with van der Waals surface area (Å²) in [7, 11) is 0. The van der Waals surface area contributed by atoms with E-state index in [1.54, 1.807) is 48.2 Å². The van der Waals surface area contributed by atoms with Crippen LogP contribution in [0.25, 0.3) is 0 Å². The lowest BCUT2D eigenvalue weighted by Gasteiger charge is -2.11. The van der Waals surface area contributed by atoms with Gasteiger partial charge in [0.1, 0.15) is 0 Å². The summed E-state index contributed by atoms with van der Waals surface area (Å²) in [5, 5.41) is 5.82. The number of hydrogen-bond acceptors (Lipinski definition) is 3. The number of rotatable bonds is 6. The quantitative estimate of drug-likeness (QED) is 0.380. The Morgan fingerprint density at radius 3 is 1.81 bits per heavy atom. The summed E-state index contributed by atoms with van der Waals surface area (Å²) < 4.78 is 0. The van der Waals surface area contributed by atoms with E-state index in [1.807, 2.05) is 72.8 Å². The minimum absolute atomic E-state index is 0.190. The molecule has 31 heavy (non-hydrogen) atoms. The second-order valence-corrected chi connectivity index (χ2v) is 7.88. The number of benzene rings is 4. The highest BCUT2D eigenvalue weighted by atomic mass is 32.2. The predicted octanol–water partition coefficient (Wildman–Crippen LogP) is 6.34. The molecule has 0 fully saturated rings. The fraction of sp³-hybridized carbons (Fsp3) is 0. The van der Waals surface area contributed by atoms with Crippen molar-refractivity contribution in [2.45, 2.75) is 9.79 Å². The van der Waals surface area contributed by atoms with Crippen LogP contribution in [0.4, 0.5) is 11.4 Å². The number of carbonyl (C=O) groups excluding carboxylic acids is 2. The predicted molar refractivity (Wildman–Crippen MR) is 126 cm³/mol. The largest absolute Gasteiger partial charge is 0.322 e. The van der Waals surface area contributed by atoms with Crippen LogP contribution in [0.1, 0.15) is 20.7 Å². The lowest BCUT2D eigenvalue weighted by molar-refractivity contribution is 0.101. The van der Waals surface area contributed by atoms with Gasteiger partial charge in [-0.3, -0.25) is 9.59 Å². The van der Waals surface area contributed by atoms with Gasteiger partial charge in [-0.1, -0.05) is 60.3 Å². The molecule has 4 aromatic carbocycles. The molecule has 0 aliphatic heterocycles. The minimum Gasteiger partial charge on any atom is -0.322 e. The highest BCUT2D eigenvalue weighted by Gasteiger charge is 2.11. The molecule has 2 amide bonds. The van der Waals surface area contributed by atoms with E-state index < -0.39 is 0 Å². The summed E-state index contributed by atoms with van der Waals surface area (Å²) in [6.07, 6.45) is 0. The lowest BCUT2D eigenvalue weighted by Crippen LogP contribution is -2.14. The third-order valence-corrected chi connectivity index (χ3v) is 5.63. The fourth-order valence-corrected chi connectivity index (χ4v) is 3.89. The van der Waals surface area contributed by atoms with Gasteiger partial charge in [0.25, 0.3) is 11.8 Å². The van der Waals surface area contributed by atoms with E-state index in [0.29, 0.717) is 16.8 Å². The molecule has 152 valence electrons. The SMILES string of the molecule is O=C(Nc1ccc(C(=O)Nc2ccccc2Sc2ccccc2)cc1)c1ccccc1. The molecule has 0 unspecified atom stereocenters. The molecule has 0 atom stereocenters. The van der Waals surface area contributed by atoms with Crippen molar-refractivity contribution in [2.75, 3.05) is 10.6 Å². The Labute approximate surface area is 185 Å². The first-order valence-electron chi connectivity index (χ1n) is 9.79. The molecule has 4 rings (SSSR count). The summed E-state index contributed by atoms with van der Waals surface area (Å²) in [5.74, 6) is -0.397. The second-order valence-electron chi connectivity index (χ2n) is 6.76. The van der Waals surface area contributed by atoms with Gasteiger partial charge < -0.3 is 10.6 Å². The molecule has 0 heterocycles. The van der Waals surface area contributed by atoms with Crippen molar-refractivity contribution in [1.82, 2.24) is 0 Å². The van der Waals surface area contributed by atoms with Crippen LogP contribution >= 0.6 is 11.8 Å². The smallest absolute Gasteiger partial charge is 0.255 e. The molecular formula is C26H20N2O2S. The Morgan fingerprint density at radius 2 is 1.10 bits per heavy atom. The first-order chi connectivity index (χ1) is 15.2. The molecule has 4 aromatic rings. The van der Waals surface area contributed by atoms with Crippen molar-refractivity contribution in [3.05, 3.63) is 120 Å². The molecule has 5 heteroatoms. The van der Waals surface area contributed by atoms with Gasteiger partial charge in [0.15, 0.2) is 0 Å². The number of nitrogens with one attached hydrogen (secondary N) is 2. The van der Waals surface area contributed by atoms with E-state index in [4.69, 9.17) is 0 Å². The van der Waals surface area contributed by atoms with Crippen molar-refractivity contribution >= 4 is 35.0 Å². The van der Waals surface area contributed by atoms with E-state index in [9.17, 15) is 9.59 Å². The molecule has 4 nitrogen and oxygen atoms in total. The molecule has 0 aromatic heterocycles. The van der Waals surface area contributed by atoms with Crippen LogP contribution in [0.15, 0.2) is 119 Å². The van der Waals surface area contributed by atoms with Crippen LogP contribution in [0.2, 0.25) is 0 Å². The first kappa shape index (κ1) is 20.4. The summed E-state index contributed by atoms with van der Waals surface area (Å²) in [4.78, 5) is 27.1. The number of anilines is 2. The Morgan fingerprint density at radius 1 is 0.548 bits per heavy atom. The zero-order valence-electron chi connectivity index (χ0n) is 16.6. The summed E-state index contributed by atoms with van der Waals surface area (Å²) in [6, 6.07) is 33.6. The molecule has 0 saturated carbocycles. The van der Waals surface area contributed by atoms with Crippen LogP contribution in [0.3, 0.4) is 0 Å². The standard InChI is InChI=1S/C26H20N2O2S/c29-25(19-9-3-1-4-10-19)27-21-17-15-20(16-18-21)26(30)28-23-13-7-8-14-24(23)31-22-11-5-2-6-12-22/h1-18H,(H,27,29)(H,28,30). The van der Waals surface area contributed by atoms with Crippen LogP contribution < -0.4 is 10.6 Å². The Hall–Kier alpha value is -3.83. The van der Waals surface area contributed by atoms with E-state index in [0.717, 1.165) is 15.5 Å². The van der Waals surface area contributed by atoms with E-state index in [2.05, 4.69) is 10.6 Å². The molecule has 0 saturated heterocycles.